The van der Waals surface area contributed by atoms with Crippen molar-refractivity contribution in [2.75, 3.05) is 5.73 Å². The predicted molar refractivity (Wildman–Crippen MR) is 105 cm³/mol. The molecule has 0 aliphatic heterocycles. The molecule has 7 heteroatoms. The Morgan fingerprint density at radius 1 is 1.18 bits per heavy atom. The number of carboxylic acids is 1. The van der Waals surface area contributed by atoms with Crippen LogP contribution in [0.4, 0.5) is 5.95 Å². The van der Waals surface area contributed by atoms with Gasteiger partial charge in [0.25, 0.3) is 0 Å². The van der Waals surface area contributed by atoms with Crippen molar-refractivity contribution < 1.29 is 15.0 Å². The largest absolute Gasteiger partial charge is 0.477 e. The van der Waals surface area contributed by atoms with Crippen LogP contribution in [0.1, 0.15) is 48.2 Å². The fourth-order valence-electron chi connectivity index (χ4n) is 3.62. The first kappa shape index (κ1) is 18.0. The van der Waals surface area contributed by atoms with Crippen molar-refractivity contribution in [1.82, 2.24) is 14.5 Å². The number of aliphatic hydroxyl groups is 1. The van der Waals surface area contributed by atoms with Crippen molar-refractivity contribution >= 4 is 22.8 Å². The number of rotatable bonds is 2. The number of carboxylic acid groups (broad SMARTS) is 1. The molecule has 0 atom stereocenters. The van der Waals surface area contributed by atoms with Crippen molar-refractivity contribution in [3.63, 3.8) is 0 Å². The molecule has 28 heavy (non-hydrogen) atoms. The summed E-state index contributed by atoms with van der Waals surface area (Å²) in [6, 6.07) is 8.63. The number of hydrogen-bond donors (Lipinski definition) is 3. The van der Waals surface area contributed by atoms with Crippen LogP contribution in [0.2, 0.25) is 0 Å². The minimum absolute atomic E-state index is 0.0613. The van der Waals surface area contributed by atoms with E-state index in [1.165, 1.54) is 10.8 Å². The van der Waals surface area contributed by atoms with E-state index in [0.29, 0.717) is 29.7 Å². The molecule has 1 fully saturated rings. The summed E-state index contributed by atoms with van der Waals surface area (Å²) < 4.78 is 1.52. The number of nitrogen functional groups attached to an aromatic ring is 1. The maximum absolute atomic E-state index is 11.8. The summed E-state index contributed by atoms with van der Waals surface area (Å²) in [6.07, 6.45) is 5.93. The molecule has 4 rings (SSSR count). The minimum Gasteiger partial charge on any atom is -0.477 e. The van der Waals surface area contributed by atoms with E-state index in [1.807, 2.05) is 12.1 Å². The Kier molecular flexibility index (Phi) is 4.49. The first-order chi connectivity index (χ1) is 13.5. The summed E-state index contributed by atoms with van der Waals surface area (Å²) in [5.41, 5.74) is 6.16. The molecule has 3 aromatic rings. The second kappa shape index (κ2) is 6.98. The van der Waals surface area contributed by atoms with Crippen LogP contribution in [-0.4, -0.2) is 36.3 Å². The lowest BCUT2D eigenvalue weighted by atomic mass is 9.85. The van der Waals surface area contributed by atoms with E-state index in [4.69, 9.17) is 5.73 Å². The van der Waals surface area contributed by atoms with Gasteiger partial charge in [0.1, 0.15) is 17.1 Å². The van der Waals surface area contributed by atoms with Gasteiger partial charge in [-0.05, 0) is 49.9 Å². The zero-order valence-corrected chi connectivity index (χ0v) is 15.2. The van der Waals surface area contributed by atoms with Gasteiger partial charge in [-0.3, -0.25) is 4.57 Å². The molecular weight excluding hydrogens is 356 g/mol. The lowest BCUT2D eigenvalue weighted by Crippen LogP contribution is -2.29. The van der Waals surface area contributed by atoms with Gasteiger partial charge in [0.05, 0.1) is 5.52 Å². The van der Waals surface area contributed by atoms with Gasteiger partial charge < -0.3 is 15.9 Å². The molecule has 0 saturated heterocycles. The van der Waals surface area contributed by atoms with E-state index in [2.05, 4.69) is 21.8 Å². The van der Waals surface area contributed by atoms with Gasteiger partial charge in [-0.2, -0.15) is 4.98 Å². The third-order valence-electron chi connectivity index (χ3n) is 5.03. The van der Waals surface area contributed by atoms with Crippen LogP contribution in [0.25, 0.3) is 16.7 Å². The summed E-state index contributed by atoms with van der Waals surface area (Å²) in [6.45, 7) is 0. The zero-order valence-electron chi connectivity index (χ0n) is 15.2. The highest BCUT2D eigenvalue weighted by atomic mass is 16.4. The van der Waals surface area contributed by atoms with Crippen LogP contribution < -0.4 is 5.73 Å². The van der Waals surface area contributed by atoms with Crippen LogP contribution in [-0.2, 0) is 0 Å². The highest BCUT2D eigenvalue weighted by molar-refractivity contribution is 5.96. The van der Waals surface area contributed by atoms with Gasteiger partial charge in [-0.1, -0.05) is 24.3 Å². The summed E-state index contributed by atoms with van der Waals surface area (Å²) in [5.74, 6) is 5.43. The van der Waals surface area contributed by atoms with Gasteiger partial charge >= 0.3 is 5.97 Å². The molecule has 0 bridgehead atoms. The average molecular weight is 376 g/mol. The van der Waals surface area contributed by atoms with Crippen LogP contribution in [0, 0.1) is 11.8 Å². The second-order valence-electron chi connectivity index (χ2n) is 7.06. The Balaban J connectivity index is 1.83. The molecule has 1 aliphatic carbocycles. The Morgan fingerprint density at radius 3 is 2.68 bits per heavy atom. The molecule has 142 valence electrons. The fraction of sp³-hybridized carbons (Fsp3) is 0.286. The molecule has 0 unspecified atom stereocenters. The third kappa shape index (κ3) is 3.42. The number of fused-ring (bicyclic) bond motifs is 1. The van der Waals surface area contributed by atoms with Gasteiger partial charge in [-0.15, -0.1) is 0 Å². The fourth-order valence-corrected chi connectivity index (χ4v) is 3.62. The molecule has 2 heterocycles. The first-order valence-corrected chi connectivity index (χ1v) is 9.18. The normalized spacial score (nSPS) is 15.8. The number of nitrogens with two attached hydrogens (primary N) is 1. The quantitative estimate of drug-likeness (QED) is 0.593. The highest BCUT2D eigenvalue weighted by Crippen LogP contribution is 2.28. The number of anilines is 1. The number of aromatic carboxylic acids is 1. The SMILES string of the molecule is Nc1nccc(-n2c(C(=O)O)cc3ccc(C#CC4(O)CCCCC4)cc32)n1. The van der Waals surface area contributed by atoms with Gasteiger partial charge in [0.15, 0.2) is 0 Å². The van der Waals surface area contributed by atoms with Gasteiger partial charge in [-0.25, -0.2) is 9.78 Å². The smallest absolute Gasteiger partial charge is 0.352 e. The van der Waals surface area contributed by atoms with E-state index < -0.39 is 11.6 Å². The number of carbonyl (C=O) groups is 1. The molecule has 0 radical (unpaired) electrons. The summed E-state index contributed by atoms with van der Waals surface area (Å²) >= 11 is 0. The molecule has 1 aliphatic rings. The Hall–Kier alpha value is -3.37. The van der Waals surface area contributed by atoms with Crippen molar-refractivity contribution in [3.05, 3.63) is 47.8 Å². The minimum atomic E-state index is -1.07. The molecule has 2 aromatic heterocycles. The Labute approximate surface area is 161 Å². The number of benzene rings is 1. The summed E-state index contributed by atoms with van der Waals surface area (Å²) in [5, 5.41) is 21.0. The van der Waals surface area contributed by atoms with Crippen molar-refractivity contribution in [2.45, 2.75) is 37.7 Å². The van der Waals surface area contributed by atoms with Crippen molar-refractivity contribution in [1.29, 1.82) is 0 Å². The van der Waals surface area contributed by atoms with Crippen LogP contribution >= 0.6 is 0 Å². The summed E-state index contributed by atoms with van der Waals surface area (Å²) in [4.78, 5) is 19.8. The standard InChI is InChI=1S/C21H20N4O3/c22-20-23-11-7-18(24-20)25-16-12-14(4-5-15(16)13-17(25)19(26)27)6-10-21(28)8-2-1-3-9-21/h4-5,7,11-13,28H,1-3,8-9H2,(H,26,27)(H2,22,23,24). The van der Waals surface area contributed by atoms with E-state index in [0.717, 1.165) is 24.6 Å². The molecule has 4 N–H and O–H groups in total. The number of aromatic nitrogens is 3. The number of hydrogen-bond acceptors (Lipinski definition) is 5. The van der Waals surface area contributed by atoms with Crippen molar-refractivity contribution in [2.24, 2.45) is 0 Å². The van der Waals surface area contributed by atoms with Gasteiger partial charge in [0.2, 0.25) is 5.95 Å². The van der Waals surface area contributed by atoms with E-state index >= 15 is 0 Å². The maximum Gasteiger partial charge on any atom is 0.352 e. The average Bonchev–Trinajstić information content (AvgIpc) is 3.06. The third-order valence-corrected chi connectivity index (χ3v) is 5.03. The molecule has 0 amide bonds. The molecule has 1 aromatic carbocycles. The van der Waals surface area contributed by atoms with Crippen LogP contribution in [0.5, 0.6) is 0 Å². The lowest BCUT2D eigenvalue weighted by molar-refractivity contribution is 0.0609. The van der Waals surface area contributed by atoms with E-state index in [9.17, 15) is 15.0 Å². The first-order valence-electron chi connectivity index (χ1n) is 9.18. The molecular formula is C21H20N4O3. The topological polar surface area (TPSA) is 114 Å². The zero-order chi connectivity index (χ0) is 19.7. The van der Waals surface area contributed by atoms with Crippen molar-refractivity contribution in [3.8, 4) is 17.7 Å². The van der Waals surface area contributed by atoms with Gasteiger partial charge in [0, 0.05) is 17.1 Å². The lowest BCUT2D eigenvalue weighted by Gasteiger charge is -2.26. The molecule has 0 spiro atoms. The van der Waals surface area contributed by atoms with Crippen LogP contribution in [0.3, 0.4) is 0 Å². The van der Waals surface area contributed by atoms with E-state index in [-0.39, 0.29) is 11.6 Å². The predicted octanol–water partition coefficient (Wildman–Crippen LogP) is 2.75. The Morgan fingerprint density at radius 2 is 1.96 bits per heavy atom. The van der Waals surface area contributed by atoms with E-state index in [1.54, 1.807) is 18.2 Å². The van der Waals surface area contributed by atoms with Crippen LogP contribution in [0.15, 0.2) is 36.5 Å². The Bertz CT molecular complexity index is 1120. The maximum atomic E-state index is 11.8. The number of nitrogens with zero attached hydrogens (tertiary/aromatic N) is 3. The molecule has 7 nitrogen and oxygen atoms in total. The summed E-state index contributed by atoms with van der Waals surface area (Å²) in [7, 11) is 0. The second-order valence-corrected chi connectivity index (χ2v) is 7.06. The molecule has 1 saturated carbocycles. The highest BCUT2D eigenvalue weighted by Gasteiger charge is 2.26. The monoisotopic (exact) mass is 376 g/mol.